The molecule has 1 aromatic heterocycles. The third kappa shape index (κ3) is 2.72. The van der Waals surface area contributed by atoms with Crippen LogP contribution in [0, 0.1) is 11.7 Å². The summed E-state index contributed by atoms with van der Waals surface area (Å²) in [7, 11) is 0. The first kappa shape index (κ1) is 13.2. The number of alkyl halides is 1. The van der Waals surface area contributed by atoms with Crippen LogP contribution in [-0.4, -0.2) is 15.4 Å². The normalized spacial score (nSPS) is 15.3. The van der Waals surface area contributed by atoms with Crippen LogP contribution in [0.4, 0.5) is 4.39 Å². The van der Waals surface area contributed by atoms with E-state index in [1.165, 1.54) is 18.9 Å². The molecule has 1 fully saturated rings. The quantitative estimate of drug-likeness (QED) is 0.748. The highest BCUT2D eigenvalue weighted by atomic mass is 35.5. The molecule has 0 N–H and O–H groups in total. The first-order valence-corrected chi connectivity index (χ1v) is 7.50. The summed E-state index contributed by atoms with van der Waals surface area (Å²) in [6.45, 7) is 0.883. The molecule has 1 aliphatic carbocycles. The molecule has 1 aliphatic rings. The molecule has 0 saturated heterocycles. The maximum atomic E-state index is 13.6. The molecule has 3 rings (SSSR count). The second-order valence-electron chi connectivity index (χ2n) is 5.11. The van der Waals surface area contributed by atoms with Crippen LogP contribution in [0.25, 0.3) is 11.0 Å². The number of aromatic nitrogens is 2. The summed E-state index contributed by atoms with van der Waals surface area (Å²) in [4.78, 5) is 4.53. The Morgan fingerprint density at radius 2 is 2.16 bits per heavy atom. The molecule has 0 unspecified atom stereocenters. The zero-order valence-corrected chi connectivity index (χ0v) is 12.0. The van der Waals surface area contributed by atoms with Gasteiger partial charge < -0.3 is 4.57 Å². The van der Waals surface area contributed by atoms with Crippen LogP contribution in [0.1, 0.15) is 25.1 Å². The standard InChI is InChI=1S/C14H15Cl2FN2/c15-5-3-14-18-12-7-10(16)11(17)8-13(12)19(14)6-4-9-1-2-9/h7-9H,1-6H2. The third-order valence-corrected chi connectivity index (χ3v) is 4.12. The Balaban J connectivity index is 2.02. The zero-order valence-electron chi connectivity index (χ0n) is 10.5. The number of nitrogens with zero attached hydrogens (tertiary/aromatic N) is 2. The Morgan fingerprint density at radius 3 is 2.84 bits per heavy atom. The van der Waals surface area contributed by atoms with Crippen LogP contribution in [-0.2, 0) is 13.0 Å². The molecular weight excluding hydrogens is 286 g/mol. The molecule has 1 saturated carbocycles. The van der Waals surface area contributed by atoms with Crippen LogP contribution in [0.3, 0.4) is 0 Å². The summed E-state index contributed by atoms with van der Waals surface area (Å²) >= 11 is 11.6. The molecule has 0 bridgehead atoms. The van der Waals surface area contributed by atoms with Crippen LogP contribution in [0.2, 0.25) is 5.02 Å². The minimum Gasteiger partial charge on any atom is -0.328 e. The summed E-state index contributed by atoms with van der Waals surface area (Å²) in [6, 6.07) is 3.08. The van der Waals surface area contributed by atoms with Gasteiger partial charge in [-0.3, -0.25) is 0 Å². The SMILES string of the molecule is Fc1cc2c(cc1Cl)nc(CCCl)n2CCC1CC1. The molecule has 1 aromatic carbocycles. The van der Waals surface area contributed by atoms with Crippen LogP contribution in [0.5, 0.6) is 0 Å². The van der Waals surface area contributed by atoms with E-state index in [0.717, 1.165) is 35.7 Å². The minimum absolute atomic E-state index is 0.122. The molecule has 0 amide bonds. The van der Waals surface area contributed by atoms with Crippen molar-refractivity contribution in [1.29, 1.82) is 0 Å². The van der Waals surface area contributed by atoms with Gasteiger partial charge in [0.1, 0.15) is 11.6 Å². The maximum absolute atomic E-state index is 13.6. The van der Waals surface area contributed by atoms with E-state index in [4.69, 9.17) is 23.2 Å². The predicted molar refractivity (Wildman–Crippen MR) is 76.5 cm³/mol. The van der Waals surface area contributed by atoms with E-state index in [0.29, 0.717) is 12.3 Å². The highest BCUT2D eigenvalue weighted by Crippen LogP contribution is 2.33. The molecule has 5 heteroatoms. The van der Waals surface area contributed by atoms with E-state index >= 15 is 0 Å². The van der Waals surface area contributed by atoms with Crippen molar-refractivity contribution in [3.8, 4) is 0 Å². The minimum atomic E-state index is -0.390. The Bertz CT molecular complexity index is 605. The number of halogens is 3. The molecule has 102 valence electrons. The summed E-state index contributed by atoms with van der Waals surface area (Å²) in [5.74, 6) is 1.88. The average molecular weight is 301 g/mol. The highest BCUT2D eigenvalue weighted by molar-refractivity contribution is 6.31. The molecule has 0 radical (unpaired) electrons. The summed E-state index contributed by atoms with van der Waals surface area (Å²) in [5.41, 5.74) is 1.57. The Kier molecular flexibility index (Phi) is 3.68. The lowest BCUT2D eigenvalue weighted by molar-refractivity contribution is 0.586. The first-order chi connectivity index (χ1) is 9.19. The van der Waals surface area contributed by atoms with E-state index in [1.54, 1.807) is 6.07 Å². The average Bonchev–Trinajstić information content (AvgIpc) is 3.14. The van der Waals surface area contributed by atoms with Crippen molar-refractivity contribution >= 4 is 34.2 Å². The van der Waals surface area contributed by atoms with Gasteiger partial charge in [-0.15, -0.1) is 11.6 Å². The molecule has 0 spiro atoms. The number of aryl methyl sites for hydroxylation is 2. The third-order valence-electron chi connectivity index (χ3n) is 3.65. The van der Waals surface area contributed by atoms with Crippen molar-refractivity contribution in [2.75, 3.05) is 5.88 Å². The second-order valence-corrected chi connectivity index (χ2v) is 5.89. The largest absolute Gasteiger partial charge is 0.328 e. The van der Waals surface area contributed by atoms with E-state index in [9.17, 15) is 4.39 Å². The van der Waals surface area contributed by atoms with Gasteiger partial charge >= 0.3 is 0 Å². The molecule has 19 heavy (non-hydrogen) atoms. The van der Waals surface area contributed by atoms with Gasteiger partial charge in [0.05, 0.1) is 16.1 Å². The molecule has 2 nitrogen and oxygen atoms in total. The molecule has 1 heterocycles. The fourth-order valence-corrected chi connectivity index (χ4v) is 2.74. The molecule has 2 aromatic rings. The fraction of sp³-hybridized carbons (Fsp3) is 0.500. The number of benzene rings is 1. The summed E-state index contributed by atoms with van der Waals surface area (Å²) < 4.78 is 15.7. The lowest BCUT2D eigenvalue weighted by Crippen LogP contribution is -2.05. The Hall–Kier alpha value is -0.800. The van der Waals surface area contributed by atoms with Crippen LogP contribution < -0.4 is 0 Å². The van der Waals surface area contributed by atoms with Gasteiger partial charge in [0.25, 0.3) is 0 Å². The van der Waals surface area contributed by atoms with E-state index in [2.05, 4.69) is 9.55 Å². The van der Waals surface area contributed by atoms with Gasteiger partial charge in [-0.1, -0.05) is 24.4 Å². The van der Waals surface area contributed by atoms with E-state index in [1.807, 2.05) is 0 Å². The van der Waals surface area contributed by atoms with Gasteiger partial charge in [0.15, 0.2) is 0 Å². The van der Waals surface area contributed by atoms with Crippen molar-refractivity contribution in [3.63, 3.8) is 0 Å². The number of hydrogen-bond acceptors (Lipinski definition) is 1. The first-order valence-electron chi connectivity index (χ1n) is 6.59. The molecule has 0 atom stereocenters. The van der Waals surface area contributed by atoms with Crippen molar-refractivity contribution in [3.05, 3.63) is 28.8 Å². The highest BCUT2D eigenvalue weighted by Gasteiger charge is 2.22. The van der Waals surface area contributed by atoms with Gasteiger partial charge in [0, 0.05) is 24.9 Å². The Labute approximate surface area is 121 Å². The number of hydrogen-bond donors (Lipinski definition) is 0. The topological polar surface area (TPSA) is 17.8 Å². The lowest BCUT2D eigenvalue weighted by atomic mass is 10.2. The van der Waals surface area contributed by atoms with Gasteiger partial charge in [-0.2, -0.15) is 0 Å². The second kappa shape index (κ2) is 5.29. The van der Waals surface area contributed by atoms with E-state index < -0.39 is 0 Å². The smallest absolute Gasteiger partial charge is 0.144 e. The van der Waals surface area contributed by atoms with Gasteiger partial charge in [-0.25, -0.2) is 9.37 Å². The van der Waals surface area contributed by atoms with Crippen LogP contribution >= 0.6 is 23.2 Å². The number of fused-ring (bicyclic) bond motifs is 1. The van der Waals surface area contributed by atoms with Crippen LogP contribution in [0.15, 0.2) is 12.1 Å². The zero-order chi connectivity index (χ0) is 13.4. The predicted octanol–water partition coefficient (Wildman–Crippen LogP) is 4.41. The Morgan fingerprint density at radius 1 is 1.37 bits per heavy atom. The fourth-order valence-electron chi connectivity index (χ4n) is 2.41. The molecule has 0 aliphatic heterocycles. The van der Waals surface area contributed by atoms with Gasteiger partial charge in [0.2, 0.25) is 0 Å². The summed E-state index contributed by atoms with van der Waals surface area (Å²) in [5, 5.41) is 0.122. The molecular formula is C14H15Cl2FN2. The number of rotatable bonds is 5. The maximum Gasteiger partial charge on any atom is 0.144 e. The van der Waals surface area contributed by atoms with Crippen molar-refractivity contribution in [2.24, 2.45) is 5.92 Å². The number of imidazole rings is 1. The van der Waals surface area contributed by atoms with Crippen molar-refractivity contribution in [2.45, 2.75) is 32.2 Å². The van der Waals surface area contributed by atoms with Gasteiger partial charge in [-0.05, 0) is 18.4 Å². The van der Waals surface area contributed by atoms with E-state index in [-0.39, 0.29) is 10.8 Å². The summed E-state index contributed by atoms with van der Waals surface area (Å²) in [6.07, 6.45) is 4.46. The lowest BCUT2D eigenvalue weighted by Gasteiger charge is -2.08. The monoisotopic (exact) mass is 300 g/mol. The van der Waals surface area contributed by atoms with Crippen molar-refractivity contribution < 1.29 is 4.39 Å². The van der Waals surface area contributed by atoms with Crippen molar-refractivity contribution in [1.82, 2.24) is 9.55 Å².